The molecule has 128 heavy (non-hydrogen) atoms. The average molecular weight is 1820 g/mol. The van der Waals surface area contributed by atoms with Crippen molar-refractivity contribution in [3.63, 3.8) is 0 Å². The van der Waals surface area contributed by atoms with Crippen LogP contribution in [0.4, 0.5) is 0 Å². The number of nitrogens with zero attached hydrogens (tertiary/aromatic N) is 3. The number of pyridine rings is 3. The lowest BCUT2D eigenvalue weighted by Gasteiger charge is -2.43. The highest BCUT2D eigenvalue weighted by Crippen LogP contribution is 2.45. The van der Waals surface area contributed by atoms with E-state index in [9.17, 15) is 40.6 Å². The molecule has 0 bridgehead atoms. The Morgan fingerprint density at radius 3 is 0.984 bits per heavy atom. The number of hydrogen-bond acceptors (Lipinski definition) is 16. The number of aromatic nitrogens is 6. The van der Waals surface area contributed by atoms with Crippen LogP contribution in [0.15, 0.2) is 282 Å². The van der Waals surface area contributed by atoms with Crippen molar-refractivity contribution in [1.82, 2.24) is 29.9 Å². The molecule has 24 heteroatoms. The van der Waals surface area contributed by atoms with Crippen molar-refractivity contribution in [2.45, 2.75) is 169 Å². The molecular formula is C104H122N6O13S3Si2. The van der Waals surface area contributed by atoms with E-state index in [2.05, 4.69) is 181 Å². The van der Waals surface area contributed by atoms with Crippen LogP contribution < -0.4 is 30.2 Å². The van der Waals surface area contributed by atoms with Crippen LogP contribution in [0, 0.1) is 20.8 Å². The third-order valence-corrected chi connectivity index (χ3v) is 37.8. The SMILES string of the molecule is C.C.C.CCS(=O)(=O)c1cccc(-c2ccc(O)c3[nH]c4ncc(C)cc4c23)c1.CCS(=O)(=O)c1cccc(-c2ccc(O[C@H](C)CO)c3[nH]c4ncc(C)cc4c23)c1.CCS(=O)(=O)c1cccc(-c2ccc(O[C@H](C)CO[Si](c3ccccc3)(c3ccccc3)C(C)(C)C)c3[nH]c4ncc(C)cc4c23)c1.C[C@@H](O)CO[Si](c1ccccc1)(c1ccccc1)C(C)(C)C. The molecule has 0 aliphatic rings. The molecule has 0 saturated heterocycles. The van der Waals surface area contributed by atoms with Crippen molar-refractivity contribution in [3.8, 4) is 50.6 Å². The van der Waals surface area contributed by atoms with Gasteiger partial charge in [-0.3, -0.25) is 0 Å². The predicted octanol–water partition coefficient (Wildman–Crippen LogP) is 21.1. The summed E-state index contributed by atoms with van der Waals surface area (Å²) in [6.45, 7) is 30.7. The van der Waals surface area contributed by atoms with E-state index in [1.54, 1.807) is 108 Å². The van der Waals surface area contributed by atoms with Gasteiger partial charge in [-0.1, -0.05) is 242 Å². The molecule has 0 fully saturated rings. The lowest BCUT2D eigenvalue weighted by Crippen LogP contribution is -2.67. The van der Waals surface area contributed by atoms with Gasteiger partial charge >= 0.3 is 0 Å². The molecule has 0 unspecified atom stereocenters. The smallest absolute Gasteiger partial charge is 0.261 e. The molecule has 0 saturated carbocycles. The zero-order chi connectivity index (χ0) is 89.6. The van der Waals surface area contributed by atoms with E-state index in [-0.39, 0.29) is 74.2 Å². The molecule has 0 aliphatic carbocycles. The molecule has 19 nitrogen and oxygen atoms in total. The van der Waals surface area contributed by atoms with E-state index in [1.807, 2.05) is 113 Å². The van der Waals surface area contributed by atoms with Crippen LogP contribution in [-0.2, 0) is 38.4 Å². The molecular weight excluding hydrogens is 1690 g/mol. The van der Waals surface area contributed by atoms with E-state index < -0.39 is 52.3 Å². The maximum atomic E-state index is 12.8. The summed E-state index contributed by atoms with van der Waals surface area (Å²) in [4.78, 5) is 24.5. The zero-order valence-corrected chi connectivity index (χ0v) is 77.8. The van der Waals surface area contributed by atoms with Crippen LogP contribution in [-0.4, -0.2) is 143 Å². The summed E-state index contributed by atoms with van der Waals surface area (Å²) in [5, 5.41) is 39.7. The van der Waals surface area contributed by atoms with Crippen LogP contribution in [0.2, 0.25) is 10.1 Å². The fraction of sp³-hybridized carbons (Fsp3) is 0.279. The predicted molar refractivity (Wildman–Crippen MR) is 532 cm³/mol. The van der Waals surface area contributed by atoms with Gasteiger partial charge in [-0.05, 0) is 213 Å². The maximum absolute atomic E-state index is 12.8. The number of rotatable bonds is 24. The van der Waals surface area contributed by atoms with Crippen molar-refractivity contribution >= 4 is 133 Å². The molecule has 6 N–H and O–H groups in total. The first kappa shape index (κ1) is 98.7. The minimum absolute atomic E-state index is 0. The minimum Gasteiger partial charge on any atom is -0.506 e. The highest BCUT2D eigenvalue weighted by atomic mass is 32.2. The third-order valence-electron chi connectivity index (χ3n) is 22.6. The van der Waals surface area contributed by atoms with Crippen LogP contribution in [0.1, 0.15) is 122 Å². The highest BCUT2D eigenvalue weighted by molar-refractivity contribution is 7.92. The number of fused-ring (bicyclic) bond motifs is 9. The van der Waals surface area contributed by atoms with Crippen molar-refractivity contribution < 1.29 is 58.9 Å². The van der Waals surface area contributed by atoms with Gasteiger partial charge in [-0.25, -0.2) is 40.2 Å². The number of aromatic hydroxyl groups is 1. The summed E-state index contributed by atoms with van der Waals surface area (Å²) in [7, 11) is -15.2. The largest absolute Gasteiger partial charge is 0.506 e. The first-order valence-corrected chi connectivity index (χ1v) is 50.9. The van der Waals surface area contributed by atoms with Gasteiger partial charge in [-0.15, -0.1) is 0 Å². The van der Waals surface area contributed by atoms with Crippen molar-refractivity contribution in [1.29, 1.82) is 0 Å². The second kappa shape index (κ2) is 40.9. The molecule has 3 atom stereocenters. The minimum atomic E-state index is -3.37. The number of nitrogens with one attached hydrogen (secondary N) is 3. The Labute approximate surface area is 757 Å². The molecule has 16 rings (SSSR count). The van der Waals surface area contributed by atoms with E-state index in [0.717, 1.165) is 105 Å². The van der Waals surface area contributed by atoms with Crippen LogP contribution in [0.25, 0.3) is 99.2 Å². The fourth-order valence-electron chi connectivity index (χ4n) is 16.4. The van der Waals surface area contributed by atoms with E-state index in [4.69, 9.17) is 18.3 Å². The highest BCUT2D eigenvalue weighted by Gasteiger charge is 2.52. The lowest BCUT2D eigenvalue weighted by atomic mass is 9.99. The molecule has 0 spiro atoms. The monoisotopic (exact) mass is 1810 g/mol. The van der Waals surface area contributed by atoms with Crippen LogP contribution in [0.3, 0.4) is 0 Å². The Morgan fingerprint density at radius 2 is 0.680 bits per heavy atom. The quantitative estimate of drug-likeness (QED) is 0.0307. The van der Waals surface area contributed by atoms with E-state index >= 15 is 0 Å². The number of aryl methyl sites for hydroxylation is 3. The molecule has 10 aromatic carbocycles. The van der Waals surface area contributed by atoms with Crippen LogP contribution in [0.5, 0.6) is 17.2 Å². The summed E-state index contributed by atoms with van der Waals surface area (Å²) in [5.41, 5.74) is 12.5. The third kappa shape index (κ3) is 20.6. The van der Waals surface area contributed by atoms with Crippen molar-refractivity contribution in [3.05, 3.63) is 284 Å². The van der Waals surface area contributed by atoms with Gasteiger partial charge < -0.3 is 48.6 Å². The number of sulfone groups is 3. The summed E-state index contributed by atoms with van der Waals surface area (Å²) >= 11 is 0. The molecule has 6 heterocycles. The molecule has 16 aromatic rings. The first-order chi connectivity index (χ1) is 59.6. The summed E-state index contributed by atoms with van der Waals surface area (Å²) in [6, 6.07) is 80.6. The number of benzene rings is 10. The van der Waals surface area contributed by atoms with Crippen LogP contribution >= 0.6 is 0 Å². The number of phenolic OH excluding ortho intramolecular Hbond substituents is 1. The molecule has 0 radical (unpaired) electrons. The Kier molecular flexibility index (Phi) is 31.6. The first-order valence-electron chi connectivity index (χ1n) is 42.1. The Hall–Kier alpha value is -11.4. The normalized spacial score (nSPS) is 12.8. The number of hydrogen-bond donors (Lipinski definition) is 6. The number of phenols is 1. The van der Waals surface area contributed by atoms with Crippen molar-refractivity contribution in [2.24, 2.45) is 0 Å². The van der Waals surface area contributed by atoms with Gasteiger partial charge in [0.2, 0.25) is 0 Å². The van der Waals surface area contributed by atoms with E-state index in [1.165, 1.54) is 20.7 Å². The average Bonchev–Trinajstić information content (AvgIpc) is 1.70. The zero-order valence-electron chi connectivity index (χ0n) is 73.4. The topological polar surface area (TPSA) is 286 Å². The van der Waals surface area contributed by atoms with Gasteiger partial charge in [-0.2, -0.15) is 0 Å². The van der Waals surface area contributed by atoms with Gasteiger partial charge in [0, 0.05) is 50.9 Å². The number of aliphatic hydroxyl groups is 2. The molecule has 0 aliphatic heterocycles. The van der Waals surface area contributed by atoms with Gasteiger partial charge in [0.25, 0.3) is 16.6 Å². The number of H-pyrrole nitrogens is 3. The summed E-state index contributed by atoms with van der Waals surface area (Å²) in [5.74, 6) is 1.59. The van der Waals surface area contributed by atoms with Gasteiger partial charge in [0.05, 0.1) is 74.4 Å². The number of aromatic amines is 3. The summed E-state index contributed by atoms with van der Waals surface area (Å²) < 4.78 is 101. The number of aliphatic hydroxyl groups excluding tert-OH is 2. The van der Waals surface area contributed by atoms with Crippen molar-refractivity contribution in [2.75, 3.05) is 37.1 Å². The molecule has 672 valence electrons. The molecule has 0 amide bonds. The lowest BCUT2D eigenvalue weighted by molar-refractivity contribution is 0.117. The molecule has 6 aromatic heterocycles. The maximum Gasteiger partial charge on any atom is 0.261 e. The Bertz CT molecular complexity index is 6820. The fourth-order valence-corrected chi connectivity index (χ4v) is 28.5. The second-order valence-corrected chi connectivity index (χ2v) is 49.3. The Morgan fingerprint density at radius 1 is 0.383 bits per heavy atom. The number of ether oxygens (including phenoxy) is 2. The van der Waals surface area contributed by atoms with Gasteiger partial charge in [0.1, 0.15) is 46.4 Å². The van der Waals surface area contributed by atoms with Gasteiger partial charge in [0.15, 0.2) is 29.5 Å². The second-order valence-electron chi connectivity index (χ2n) is 33.8. The summed E-state index contributed by atoms with van der Waals surface area (Å²) in [6.07, 6.45) is 4.29. The Balaban J connectivity index is 0.000000184. The standard InChI is InChI=1S/C39H42N2O4SSi.C23H24N2O4S.C20H18N2O3S.C19H26O2Si.3CH4/c1-7-46(42,43)30-16-14-15-29(24-30)33-21-22-35(37-36(33)34-23-27(2)25-40-38(34)41-37)45-28(3)26-44-47(39(4,5)6,31-17-10-8-11-18-31)32-19-12-9-13-20-32;1-4-30(27,28)17-7-5-6-16(11-17)18-8-9-20(29-15(3)13-26)22-21(18)19-10-14(2)12-24-23(19)25-22;1-3-26(24,25)14-6-4-5-13(10-14)15-7-8-17(23)19-18(15)16-9-12(2)11-21-20(16)22-19;1-16(20)15-21-22(19(2,3)4,17-11-7-5-8-12-17)18-13-9-6-10-14-18;;;/h8-25,28H,7,26H2,1-6H3,(H,40,41);5-12,15,26H,4,13H2,1-3H3,(H,24,25);4-11,23H,3H2,1-2H3,(H,21,22);5-14,16,20H,15H2,1-4H3;3*1H4/t28-;15-;;16-;;;/m11.1.../s1. The van der Waals surface area contributed by atoms with E-state index in [0.29, 0.717) is 50.6 Å².